The van der Waals surface area contributed by atoms with Gasteiger partial charge in [-0.2, -0.15) is 0 Å². The number of benzene rings is 2. The van der Waals surface area contributed by atoms with Crippen LogP contribution in [-0.4, -0.2) is 122 Å². The topological polar surface area (TPSA) is 208 Å². The number of carbonyl (C=O) groups is 5. The number of amides is 2. The second-order valence-electron chi connectivity index (χ2n) is 24.9. The molecular weight excluding hydrogens is 1280 g/mol. The number of anilines is 1. The van der Waals surface area contributed by atoms with Gasteiger partial charge in [-0.1, -0.05) is 146 Å². The Morgan fingerprint density at radius 3 is 1.67 bits per heavy atom. The minimum absolute atomic E-state index is 0.00711. The van der Waals surface area contributed by atoms with Gasteiger partial charge >= 0.3 is 0 Å². The summed E-state index contributed by atoms with van der Waals surface area (Å²) >= 11 is 11.0. The number of ketones is 3. The zero-order valence-corrected chi connectivity index (χ0v) is 59.3. The number of para-hydroxylation sites is 2. The van der Waals surface area contributed by atoms with Gasteiger partial charge in [0.05, 0.1) is 67.6 Å². The fraction of sp³-hybridized carbons (Fsp3) is 0.382. The van der Waals surface area contributed by atoms with Gasteiger partial charge in [0.2, 0.25) is 11.8 Å². The highest BCUT2D eigenvalue weighted by molar-refractivity contribution is 8.01. The summed E-state index contributed by atoms with van der Waals surface area (Å²) in [5, 5.41) is 8.88. The third-order valence-electron chi connectivity index (χ3n) is 15.3. The summed E-state index contributed by atoms with van der Waals surface area (Å²) in [6.07, 6.45) is 15.4. The van der Waals surface area contributed by atoms with E-state index in [4.69, 9.17) is 4.98 Å². The van der Waals surface area contributed by atoms with Crippen LogP contribution in [0.15, 0.2) is 121 Å². The van der Waals surface area contributed by atoms with E-state index in [2.05, 4.69) is 63.0 Å². The number of fused-ring (bicyclic) bond motifs is 12. The molecule has 91 heavy (non-hydrogen) atoms. The van der Waals surface area contributed by atoms with Gasteiger partial charge in [0.1, 0.15) is 17.3 Å². The van der Waals surface area contributed by atoms with Crippen molar-refractivity contribution in [3.8, 4) is 33.8 Å². The van der Waals surface area contributed by atoms with Gasteiger partial charge < -0.3 is 9.80 Å². The van der Waals surface area contributed by atoms with Crippen molar-refractivity contribution in [1.82, 2.24) is 49.8 Å². The van der Waals surface area contributed by atoms with E-state index in [0.717, 1.165) is 87.9 Å². The summed E-state index contributed by atoms with van der Waals surface area (Å²) in [5.74, 6) is 2.25. The SMILES string of the molecule is CC(=O)N1Cc2cnc(SCC(=O)C(C)(C)C)nc2-c2ccccc21.CC(C)(C)C(=O)CSc1ncc2c(n1)-c1ccsc1CC2.CC(C)(C)C(=O)CSc1ncc2cnc3ccccc3c2n1.CCN(C)C(=O)CSc1ncc2c(n1)-c1c(csc1SC)CC2. The predicted molar refractivity (Wildman–Crippen MR) is 376 cm³/mol. The lowest BCUT2D eigenvalue weighted by atomic mass is 9.92. The molecule has 0 saturated heterocycles. The first-order chi connectivity index (χ1) is 43.3. The quantitative estimate of drug-likeness (QED) is 0.0563. The van der Waals surface area contributed by atoms with Crippen LogP contribution in [-0.2, 0) is 56.2 Å². The fourth-order valence-corrected chi connectivity index (χ4v) is 15.7. The molecule has 2 amide bonds. The highest BCUT2D eigenvalue weighted by Gasteiger charge is 2.29. The van der Waals surface area contributed by atoms with Crippen LogP contribution in [0, 0.1) is 16.2 Å². The van der Waals surface area contributed by atoms with Crippen LogP contribution in [0.5, 0.6) is 0 Å². The highest BCUT2D eigenvalue weighted by atomic mass is 32.2. The number of hydrogen-bond donors (Lipinski definition) is 0. The van der Waals surface area contributed by atoms with E-state index in [0.29, 0.717) is 50.2 Å². The average Bonchev–Trinajstić information content (AvgIpc) is 1.73. The van der Waals surface area contributed by atoms with Crippen LogP contribution in [0.1, 0.15) is 103 Å². The Morgan fingerprint density at radius 1 is 0.560 bits per heavy atom. The summed E-state index contributed by atoms with van der Waals surface area (Å²) in [5.41, 5.74) is 12.8. The number of carbonyl (C=O) groups excluding carboxylic acids is 5. The minimum Gasteiger partial charge on any atom is -0.345 e. The van der Waals surface area contributed by atoms with Gasteiger partial charge in [0.15, 0.2) is 20.6 Å². The largest absolute Gasteiger partial charge is 0.345 e. The van der Waals surface area contributed by atoms with Crippen LogP contribution in [0.25, 0.3) is 55.6 Å². The van der Waals surface area contributed by atoms with E-state index in [1.165, 1.54) is 84.0 Å². The number of aromatic nitrogens is 9. The second-order valence-corrected chi connectivity index (χ2v) is 31.6. The molecule has 0 spiro atoms. The Balaban J connectivity index is 0.000000144. The molecule has 7 aromatic heterocycles. The van der Waals surface area contributed by atoms with Gasteiger partial charge in [0.25, 0.3) is 0 Å². The van der Waals surface area contributed by atoms with E-state index in [-0.39, 0.29) is 45.4 Å². The summed E-state index contributed by atoms with van der Waals surface area (Å²) < 4.78 is 1.32. The molecule has 0 saturated carbocycles. The van der Waals surface area contributed by atoms with Crippen LogP contribution >= 0.6 is 81.5 Å². The molecule has 8 heterocycles. The van der Waals surface area contributed by atoms with Crippen LogP contribution in [0.3, 0.4) is 0 Å². The predicted octanol–water partition coefficient (Wildman–Crippen LogP) is 15.2. The van der Waals surface area contributed by atoms with Gasteiger partial charge in [-0.15, -0.1) is 34.4 Å². The van der Waals surface area contributed by atoms with Crippen molar-refractivity contribution in [2.24, 2.45) is 16.2 Å². The van der Waals surface area contributed by atoms with Gasteiger partial charge in [0, 0.05) is 106 Å². The molecule has 12 rings (SSSR count). The number of thiophene rings is 2. The molecule has 2 aliphatic carbocycles. The monoisotopic (exact) mass is 1350 g/mol. The lowest BCUT2D eigenvalue weighted by Crippen LogP contribution is -2.31. The van der Waals surface area contributed by atoms with E-state index < -0.39 is 0 Å². The van der Waals surface area contributed by atoms with Crippen molar-refractivity contribution < 1.29 is 24.0 Å². The smallest absolute Gasteiger partial charge is 0.232 e. The van der Waals surface area contributed by atoms with E-state index in [9.17, 15) is 24.0 Å². The molecule has 16 nitrogen and oxygen atoms in total. The normalized spacial score (nSPS) is 12.9. The molecule has 0 unspecified atom stereocenters. The fourth-order valence-electron chi connectivity index (χ4n) is 9.34. The number of Topliss-reactive ketones (excluding diaryl/α,β-unsaturated/α-hetero) is 3. The Hall–Kier alpha value is -6.47. The molecule has 0 fully saturated rings. The van der Waals surface area contributed by atoms with E-state index >= 15 is 0 Å². The number of hydrogen-bond acceptors (Lipinski definition) is 21. The molecule has 0 N–H and O–H groups in total. The van der Waals surface area contributed by atoms with Crippen molar-refractivity contribution >= 4 is 138 Å². The maximum atomic E-state index is 12.1. The lowest BCUT2D eigenvalue weighted by molar-refractivity contribution is -0.127. The molecule has 0 bridgehead atoms. The van der Waals surface area contributed by atoms with Crippen molar-refractivity contribution in [3.05, 3.63) is 123 Å². The third kappa shape index (κ3) is 17.2. The molecule has 474 valence electrons. The van der Waals surface area contributed by atoms with Crippen molar-refractivity contribution in [3.63, 3.8) is 0 Å². The van der Waals surface area contributed by atoms with Crippen LogP contribution in [0.2, 0.25) is 0 Å². The third-order valence-corrected chi connectivity index (χ3v) is 21.9. The molecule has 9 aromatic rings. The van der Waals surface area contributed by atoms with Crippen LogP contribution in [0.4, 0.5) is 5.69 Å². The molecule has 23 heteroatoms. The summed E-state index contributed by atoms with van der Waals surface area (Å²) in [6.45, 7) is 22.1. The molecular formula is C68H75N11O5S7. The molecule has 3 aliphatic rings. The van der Waals surface area contributed by atoms with Gasteiger partial charge in [-0.25, -0.2) is 39.9 Å². The average molecular weight is 1350 g/mol. The zero-order valence-electron chi connectivity index (χ0n) is 53.6. The van der Waals surface area contributed by atoms with Gasteiger partial charge in [-0.3, -0.25) is 29.0 Å². The minimum atomic E-state index is -0.365. The second kappa shape index (κ2) is 30.1. The summed E-state index contributed by atoms with van der Waals surface area (Å²) in [7, 11) is 1.82. The summed E-state index contributed by atoms with van der Waals surface area (Å²) in [6, 6.07) is 17.8. The van der Waals surface area contributed by atoms with Crippen molar-refractivity contribution in [1.29, 1.82) is 0 Å². The number of rotatable bonds is 14. The van der Waals surface area contributed by atoms with Crippen LogP contribution < -0.4 is 4.90 Å². The number of pyridine rings is 1. The maximum Gasteiger partial charge on any atom is 0.232 e. The highest BCUT2D eigenvalue weighted by Crippen LogP contribution is 2.44. The first kappa shape index (κ1) is 68.9. The van der Waals surface area contributed by atoms with E-state index in [1.807, 2.05) is 137 Å². The zero-order chi connectivity index (χ0) is 65.4. The standard InChI is InChI=1S/C19H21N3O2S.C17H17N3OS.C16H19N3OS3.C16H18N2OS2/c1-12(23)22-10-13-9-20-18(25-11-16(24)19(2,3)4)21-17(13)14-7-5-6-8-15(14)22;1-17(2,3)14(21)10-22-16-19-9-11-8-18-13-7-5-4-6-12(13)15(11)20-16;1-4-19(2)12(20)9-23-16-17-7-10-5-6-11-8-22-15(21-3)13(11)14(10)18-16;1-16(2,3)13(19)9-21-15-17-8-10-4-5-12-11(6-7-20-12)14(10)18-15/h5-9H,10-11H2,1-4H3;4-9H,10H2,1-3H3;7-8H,4-6,9H2,1-3H3;6-8H,4-5,9H2,1-3H3. The molecule has 0 atom stereocenters. The number of nitrogens with zero attached hydrogens (tertiary/aromatic N) is 11. The first-order valence-corrected chi connectivity index (χ1v) is 36.8. The maximum absolute atomic E-state index is 12.1. The van der Waals surface area contributed by atoms with Crippen molar-refractivity contribution in [2.75, 3.05) is 47.8 Å². The Morgan fingerprint density at radius 2 is 1.07 bits per heavy atom. The Bertz CT molecular complexity index is 4160. The number of aryl methyl sites for hydroxylation is 4. The Labute approximate surface area is 562 Å². The summed E-state index contributed by atoms with van der Waals surface area (Å²) in [4.78, 5) is 106. The van der Waals surface area contributed by atoms with E-state index in [1.54, 1.807) is 69.7 Å². The number of thioether (sulfide) groups is 5. The first-order valence-electron chi connectivity index (χ1n) is 29.8. The lowest BCUT2D eigenvalue weighted by Gasteiger charge is -2.29. The van der Waals surface area contributed by atoms with Gasteiger partial charge in [-0.05, 0) is 84.5 Å². The van der Waals surface area contributed by atoms with Crippen molar-refractivity contribution in [2.45, 2.75) is 133 Å². The Kier molecular flexibility index (Phi) is 22.8. The molecule has 1 aliphatic heterocycles. The molecule has 0 radical (unpaired) electrons. The molecule has 2 aromatic carbocycles.